The molecule has 0 radical (unpaired) electrons. The molecule has 9 heteroatoms. The van der Waals surface area contributed by atoms with E-state index in [1.54, 1.807) is 18.3 Å². The molecule has 8 nitrogen and oxygen atoms in total. The van der Waals surface area contributed by atoms with E-state index in [0.29, 0.717) is 41.7 Å². The van der Waals surface area contributed by atoms with Gasteiger partial charge in [-0.2, -0.15) is 10.4 Å². The molecule has 1 aromatic carbocycles. The SMILES string of the molecule is C[C@H](c1nc2c(cnn2C2CCCC2)c(=O)[nH]1)N1CC(Oc2ccc(C#N)c(F)c2)C1. The molecule has 1 aliphatic heterocycles. The van der Waals surface area contributed by atoms with E-state index in [4.69, 9.17) is 15.0 Å². The first kappa shape index (κ1) is 19.7. The number of nitriles is 1. The van der Waals surface area contributed by atoms with E-state index in [9.17, 15) is 9.18 Å². The van der Waals surface area contributed by atoms with Crippen LogP contribution in [0.5, 0.6) is 5.75 Å². The third kappa shape index (κ3) is 3.57. The highest BCUT2D eigenvalue weighted by Gasteiger charge is 2.34. The number of halogens is 1. The zero-order valence-corrected chi connectivity index (χ0v) is 17.2. The van der Waals surface area contributed by atoms with Gasteiger partial charge < -0.3 is 9.72 Å². The quantitative estimate of drug-likeness (QED) is 0.678. The summed E-state index contributed by atoms with van der Waals surface area (Å²) in [5, 5.41) is 13.8. The van der Waals surface area contributed by atoms with Crippen LogP contribution in [-0.4, -0.2) is 43.8 Å². The largest absolute Gasteiger partial charge is 0.488 e. The zero-order chi connectivity index (χ0) is 21.5. The number of nitrogens with zero attached hydrogens (tertiary/aromatic N) is 5. The predicted octanol–water partition coefficient (Wildman–Crippen LogP) is 3.07. The maximum Gasteiger partial charge on any atom is 0.262 e. The Hall–Kier alpha value is -3.25. The van der Waals surface area contributed by atoms with Gasteiger partial charge in [0.25, 0.3) is 5.56 Å². The van der Waals surface area contributed by atoms with E-state index < -0.39 is 5.82 Å². The molecule has 1 N–H and O–H groups in total. The van der Waals surface area contributed by atoms with Crippen molar-refractivity contribution in [2.75, 3.05) is 13.1 Å². The molecule has 1 atom stereocenters. The van der Waals surface area contributed by atoms with Gasteiger partial charge in [-0.15, -0.1) is 0 Å². The molecule has 160 valence electrons. The number of ether oxygens (including phenoxy) is 1. The van der Waals surface area contributed by atoms with E-state index >= 15 is 0 Å². The second-order valence-electron chi connectivity index (χ2n) is 8.34. The molecule has 5 rings (SSSR count). The summed E-state index contributed by atoms with van der Waals surface area (Å²) in [7, 11) is 0. The number of nitrogens with one attached hydrogen (secondary N) is 1. The first-order valence-corrected chi connectivity index (χ1v) is 10.6. The molecule has 0 bridgehead atoms. The molecule has 2 aliphatic rings. The van der Waals surface area contributed by atoms with Gasteiger partial charge in [-0.25, -0.2) is 14.1 Å². The molecule has 1 saturated carbocycles. The highest BCUT2D eigenvalue weighted by molar-refractivity contribution is 5.73. The fourth-order valence-electron chi connectivity index (χ4n) is 4.45. The lowest BCUT2D eigenvalue weighted by molar-refractivity contribution is -0.00748. The van der Waals surface area contributed by atoms with Crippen LogP contribution in [0.4, 0.5) is 4.39 Å². The smallest absolute Gasteiger partial charge is 0.262 e. The van der Waals surface area contributed by atoms with E-state index in [1.807, 2.05) is 11.6 Å². The average Bonchev–Trinajstić information content (AvgIpc) is 3.39. The Morgan fingerprint density at radius 1 is 1.32 bits per heavy atom. The maximum atomic E-state index is 13.8. The van der Waals surface area contributed by atoms with Crippen molar-refractivity contribution >= 4 is 11.0 Å². The van der Waals surface area contributed by atoms with Gasteiger partial charge in [0.05, 0.1) is 23.8 Å². The summed E-state index contributed by atoms with van der Waals surface area (Å²) in [5.41, 5.74) is 0.481. The summed E-state index contributed by atoms with van der Waals surface area (Å²) < 4.78 is 21.5. The zero-order valence-electron chi connectivity index (χ0n) is 17.2. The fraction of sp³-hybridized carbons (Fsp3) is 0.455. The summed E-state index contributed by atoms with van der Waals surface area (Å²) in [6, 6.07) is 6.27. The van der Waals surface area contributed by atoms with Crippen molar-refractivity contribution in [3.63, 3.8) is 0 Å². The molecule has 0 unspecified atom stereocenters. The third-order valence-electron chi connectivity index (χ3n) is 6.34. The van der Waals surface area contributed by atoms with Crippen LogP contribution in [0.25, 0.3) is 11.0 Å². The van der Waals surface area contributed by atoms with Crippen LogP contribution in [0.2, 0.25) is 0 Å². The first-order valence-electron chi connectivity index (χ1n) is 10.6. The van der Waals surface area contributed by atoms with Crippen molar-refractivity contribution in [1.29, 1.82) is 5.26 Å². The standard InChI is InChI=1S/C22H23FN6O2/c1-13(28-11-17(12-28)31-16-7-6-14(9-24)19(23)8-16)20-26-21-18(22(30)27-20)10-25-29(21)15-4-2-3-5-15/h6-8,10,13,15,17H,2-5,11-12H2,1H3,(H,26,27,30)/t13-/m1/s1. The van der Waals surface area contributed by atoms with E-state index in [-0.39, 0.29) is 23.3 Å². The molecular formula is C22H23FN6O2. The number of fused-ring (bicyclic) bond motifs is 1. The molecule has 3 heterocycles. The Bertz CT molecular complexity index is 1220. The maximum absolute atomic E-state index is 13.8. The van der Waals surface area contributed by atoms with Crippen molar-refractivity contribution in [3.05, 3.63) is 52.0 Å². The summed E-state index contributed by atoms with van der Waals surface area (Å²) in [5.74, 6) is 0.431. The minimum Gasteiger partial charge on any atom is -0.488 e. The summed E-state index contributed by atoms with van der Waals surface area (Å²) in [6.45, 7) is 3.26. The highest BCUT2D eigenvalue weighted by atomic mass is 19.1. The Kier molecular flexibility index (Phi) is 4.94. The number of aromatic amines is 1. The Morgan fingerprint density at radius 2 is 2.10 bits per heavy atom. The van der Waals surface area contributed by atoms with E-state index in [0.717, 1.165) is 12.8 Å². The third-order valence-corrected chi connectivity index (χ3v) is 6.34. The van der Waals surface area contributed by atoms with Gasteiger partial charge in [-0.1, -0.05) is 12.8 Å². The molecule has 0 spiro atoms. The number of aromatic nitrogens is 4. The second kappa shape index (κ2) is 7.78. The monoisotopic (exact) mass is 422 g/mol. The van der Waals surface area contributed by atoms with Crippen molar-refractivity contribution in [1.82, 2.24) is 24.6 Å². The van der Waals surface area contributed by atoms with Crippen LogP contribution in [0.1, 0.15) is 56.1 Å². The number of benzene rings is 1. The molecule has 2 fully saturated rings. The van der Waals surface area contributed by atoms with Gasteiger partial charge >= 0.3 is 0 Å². The Balaban J connectivity index is 1.29. The van der Waals surface area contributed by atoms with Crippen LogP contribution < -0.4 is 10.3 Å². The van der Waals surface area contributed by atoms with Crippen LogP contribution in [-0.2, 0) is 0 Å². The fourth-order valence-corrected chi connectivity index (χ4v) is 4.45. The van der Waals surface area contributed by atoms with E-state index in [1.165, 1.54) is 25.0 Å². The minimum absolute atomic E-state index is 0.00141. The topological polar surface area (TPSA) is 99.8 Å². The van der Waals surface area contributed by atoms with Gasteiger partial charge in [0, 0.05) is 19.2 Å². The number of likely N-dealkylation sites (tertiary alicyclic amines) is 1. The molecule has 31 heavy (non-hydrogen) atoms. The van der Waals surface area contributed by atoms with Gasteiger partial charge in [0.15, 0.2) is 5.65 Å². The summed E-state index contributed by atoms with van der Waals surface area (Å²) >= 11 is 0. The Morgan fingerprint density at radius 3 is 2.81 bits per heavy atom. The van der Waals surface area contributed by atoms with Crippen LogP contribution in [0.3, 0.4) is 0 Å². The van der Waals surface area contributed by atoms with Crippen molar-refractivity contribution in [2.45, 2.75) is 50.8 Å². The van der Waals surface area contributed by atoms with Gasteiger partial charge in [0.2, 0.25) is 0 Å². The van der Waals surface area contributed by atoms with Crippen molar-refractivity contribution < 1.29 is 9.13 Å². The lowest BCUT2D eigenvalue weighted by atomic mass is 10.1. The molecule has 1 saturated heterocycles. The lowest BCUT2D eigenvalue weighted by Gasteiger charge is -2.42. The summed E-state index contributed by atoms with van der Waals surface area (Å²) in [6.07, 6.45) is 6.01. The van der Waals surface area contributed by atoms with Gasteiger partial charge in [0.1, 0.15) is 35.0 Å². The van der Waals surface area contributed by atoms with Crippen molar-refractivity contribution in [2.24, 2.45) is 0 Å². The minimum atomic E-state index is -0.585. The number of rotatable bonds is 5. The lowest BCUT2D eigenvalue weighted by Crippen LogP contribution is -2.54. The molecule has 2 aromatic heterocycles. The van der Waals surface area contributed by atoms with Gasteiger partial charge in [-0.3, -0.25) is 9.69 Å². The molecule has 0 amide bonds. The van der Waals surface area contributed by atoms with Crippen molar-refractivity contribution in [3.8, 4) is 11.8 Å². The number of hydrogen-bond acceptors (Lipinski definition) is 6. The highest BCUT2D eigenvalue weighted by Crippen LogP contribution is 2.31. The Labute approximate surface area is 178 Å². The van der Waals surface area contributed by atoms with Crippen LogP contribution in [0.15, 0.2) is 29.2 Å². The van der Waals surface area contributed by atoms with Gasteiger partial charge in [-0.05, 0) is 31.9 Å². The average molecular weight is 422 g/mol. The first-order chi connectivity index (χ1) is 15.0. The molecule has 3 aromatic rings. The van der Waals surface area contributed by atoms with Crippen LogP contribution >= 0.6 is 0 Å². The summed E-state index contributed by atoms with van der Waals surface area (Å²) in [4.78, 5) is 22.4. The second-order valence-corrected chi connectivity index (χ2v) is 8.34. The predicted molar refractivity (Wildman–Crippen MR) is 111 cm³/mol. The van der Waals surface area contributed by atoms with Crippen LogP contribution in [0, 0.1) is 17.1 Å². The molecule has 1 aliphatic carbocycles. The number of H-pyrrole nitrogens is 1. The normalized spacial score (nSPS) is 18.7. The number of hydrogen-bond donors (Lipinski definition) is 1. The van der Waals surface area contributed by atoms with E-state index in [2.05, 4.69) is 15.0 Å². The molecular weight excluding hydrogens is 399 g/mol.